The lowest BCUT2D eigenvalue weighted by molar-refractivity contribution is 0.496. The zero-order valence-corrected chi connectivity index (χ0v) is 12.0. The minimum atomic E-state index is -4.26. The van der Waals surface area contributed by atoms with Crippen LogP contribution in [-0.2, 0) is 10.0 Å². The van der Waals surface area contributed by atoms with Crippen molar-refractivity contribution < 1.29 is 21.6 Å². The number of hydrogen-bond acceptors (Lipinski definition) is 3. The summed E-state index contributed by atoms with van der Waals surface area (Å²) in [7, 11) is -4.26. The second-order valence-electron chi connectivity index (χ2n) is 4.64. The lowest BCUT2D eigenvalue weighted by Crippen LogP contribution is -2.14. The summed E-state index contributed by atoms with van der Waals surface area (Å²) in [5, 5.41) is 0. The summed E-state index contributed by atoms with van der Waals surface area (Å²) in [5.41, 5.74) is -0.641. The molecule has 0 radical (unpaired) electrons. The molecular weight excluding hydrogens is 335 g/mol. The summed E-state index contributed by atoms with van der Waals surface area (Å²) in [6.45, 7) is 0. The lowest BCUT2D eigenvalue weighted by atomic mass is 10.3. The second kappa shape index (κ2) is 5.16. The van der Waals surface area contributed by atoms with Crippen molar-refractivity contribution in [2.45, 2.75) is 4.90 Å². The Hall–Kier alpha value is -2.75. The Morgan fingerprint density at radius 3 is 2.26 bits per heavy atom. The molecule has 3 N–H and O–H groups in total. The normalized spacial score (nSPS) is 11.8. The third kappa shape index (κ3) is 2.80. The van der Waals surface area contributed by atoms with Gasteiger partial charge in [-0.05, 0) is 18.2 Å². The van der Waals surface area contributed by atoms with Crippen LogP contribution in [0.1, 0.15) is 0 Å². The van der Waals surface area contributed by atoms with Crippen LogP contribution in [0.2, 0.25) is 0 Å². The van der Waals surface area contributed by atoms with Gasteiger partial charge in [0.15, 0.2) is 11.6 Å². The van der Waals surface area contributed by atoms with Crippen LogP contribution in [0.4, 0.5) is 18.9 Å². The summed E-state index contributed by atoms with van der Waals surface area (Å²) in [6, 6.07) is 4.29. The fourth-order valence-corrected chi connectivity index (χ4v) is 3.07. The Balaban J connectivity index is 2.03. The molecule has 1 aromatic heterocycles. The summed E-state index contributed by atoms with van der Waals surface area (Å²) in [6.07, 6.45) is 0. The predicted molar refractivity (Wildman–Crippen MR) is 76.0 cm³/mol. The van der Waals surface area contributed by atoms with E-state index in [2.05, 4.69) is 9.97 Å². The van der Waals surface area contributed by atoms with E-state index in [4.69, 9.17) is 0 Å². The Bertz CT molecular complexity index is 1070. The van der Waals surface area contributed by atoms with Crippen molar-refractivity contribution in [3.8, 4) is 0 Å². The molecule has 0 atom stereocenters. The Morgan fingerprint density at radius 2 is 1.52 bits per heavy atom. The van der Waals surface area contributed by atoms with E-state index in [1.807, 2.05) is 4.72 Å². The molecule has 120 valence electrons. The summed E-state index contributed by atoms with van der Waals surface area (Å²) in [4.78, 5) is 15.7. The number of aromatic amines is 2. The smallest absolute Gasteiger partial charge is 0.306 e. The van der Waals surface area contributed by atoms with E-state index in [1.165, 1.54) is 12.1 Å². The Labute approximate surface area is 127 Å². The van der Waals surface area contributed by atoms with E-state index in [1.54, 1.807) is 0 Å². The number of imidazole rings is 1. The number of H-pyrrole nitrogens is 2. The molecule has 0 fully saturated rings. The van der Waals surface area contributed by atoms with E-state index in [9.17, 15) is 26.4 Å². The zero-order chi connectivity index (χ0) is 16.8. The molecular formula is C13H8F3N3O3S. The molecule has 0 bridgehead atoms. The highest BCUT2D eigenvalue weighted by Gasteiger charge is 2.19. The molecule has 23 heavy (non-hydrogen) atoms. The lowest BCUT2D eigenvalue weighted by Gasteiger charge is -2.09. The number of nitrogens with one attached hydrogen (secondary N) is 3. The van der Waals surface area contributed by atoms with Gasteiger partial charge in [0.1, 0.15) is 5.82 Å². The topological polar surface area (TPSA) is 94.8 Å². The highest BCUT2D eigenvalue weighted by molar-refractivity contribution is 7.92. The average Bonchev–Trinajstić information content (AvgIpc) is 2.83. The van der Waals surface area contributed by atoms with Crippen molar-refractivity contribution in [2.24, 2.45) is 0 Å². The van der Waals surface area contributed by atoms with E-state index in [-0.39, 0.29) is 16.5 Å². The van der Waals surface area contributed by atoms with Gasteiger partial charge in [-0.15, -0.1) is 0 Å². The molecule has 0 aliphatic heterocycles. The third-order valence-corrected chi connectivity index (χ3v) is 4.42. The fourth-order valence-electron chi connectivity index (χ4n) is 1.98. The maximum atomic E-state index is 13.5. The number of halogens is 3. The molecule has 0 aliphatic rings. The number of rotatable bonds is 3. The van der Waals surface area contributed by atoms with Crippen LogP contribution in [-0.4, -0.2) is 18.4 Å². The van der Waals surface area contributed by atoms with Crippen LogP contribution in [0.25, 0.3) is 11.0 Å². The minimum absolute atomic E-state index is 0.226. The van der Waals surface area contributed by atoms with Crippen molar-refractivity contribution in [1.29, 1.82) is 0 Å². The van der Waals surface area contributed by atoms with Gasteiger partial charge in [0.25, 0.3) is 10.0 Å². The standard InChI is InChI=1S/C13H8F3N3O3S/c14-7-4-9(16)11(5-8(7)15)19-23(21,22)6-1-2-10-12(3-6)18-13(20)17-10/h1-5,19H,(H2,17,18,20). The van der Waals surface area contributed by atoms with E-state index in [0.29, 0.717) is 11.6 Å². The van der Waals surface area contributed by atoms with Crippen LogP contribution in [0, 0.1) is 17.5 Å². The van der Waals surface area contributed by atoms with Gasteiger partial charge in [-0.1, -0.05) is 0 Å². The summed E-state index contributed by atoms with van der Waals surface area (Å²) >= 11 is 0. The summed E-state index contributed by atoms with van der Waals surface area (Å²) < 4.78 is 65.8. The first-order valence-corrected chi connectivity index (χ1v) is 7.64. The molecule has 0 saturated heterocycles. The van der Waals surface area contributed by atoms with Gasteiger partial charge in [0, 0.05) is 12.1 Å². The van der Waals surface area contributed by atoms with E-state index < -0.39 is 38.9 Å². The van der Waals surface area contributed by atoms with Crippen LogP contribution in [0.15, 0.2) is 40.0 Å². The zero-order valence-electron chi connectivity index (χ0n) is 11.2. The van der Waals surface area contributed by atoms with Crippen molar-refractivity contribution in [3.63, 3.8) is 0 Å². The highest BCUT2D eigenvalue weighted by atomic mass is 32.2. The maximum absolute atomic E-state index is 13.5. The molecule has 0 saturated carbocycles. The first kappa shape index (κ1) is 15.2. The second-order valence-corrected chi connectivity index (χ2v) is 6.32. The van der Waals surface area contributed by atoms with Gasteiger partial charge in [-0.2, -0.15) is 0 Å². The van der Waals surface area contributed by atoms with Crippen molar-refractivity contribution in [1.82, 2.24) is 9.97 Å². The molecule has 0 unspecified atom stereocenters. The molecule has 0 aliphatic carbocycles. The molecule has 1 heterocycles. The Kier molecular flexibility index (Phi) is 3.40. The van der Waals surface area contributed by atoms with Gasteiger partial charge in [0.2, 0.25) is 0 Å². The van der Waals surface area contributed by atoms with Crippen molar-refractivity contribution >= 4 is 26.7 Å². The van der Waals surface area contributed by atoms with Gasteiger partial charge in [-0.25, -0.2) is 26.4 Å². The van der Waals surface area contributed by atoms with Gasteiger partial charge in [0.05, 0.1) is 21.6 Å². The maximum Gasteiger partial charge on any atom is 0.323 e. The number of aromatic nitrogens is 2. The molecule has 0 spiro atoms. The molecule has 3 aromatic rings. The number of hydrogen-bond donors (Lipinski definition) is 3. The van der Waals surface area contributed by atoms with Crippen LogP contribution in [0.3, 0.4) is 0 Å². The molecule has 10 heteroatoms. The Morgan fingerprint density at radius 1 is 0.870 bits per heavy atom. The van der Waals surface area contributed by atoms with Crippen LogP contribution >= 0.6 is 0 Å². The number of sulfonamides is 1. The quantitative estimate of drug-likeness (QED) is 0.636. The van der Waals surface area contributed by atoms with Gasteiger partial charge < -0.3 is 9.97 Å². The minimum Gasteiger partial charge on any atom is -0.306 e. The average molecular weight is 343 g/mol. The first-order valence-electron chi connectivity index (χ1n) is 6.16. The SMILES string of the molecule is O=c1[nH]c2ccc(S(=O)(=O)Nc3cc(F)c(F)cc3F)cc2[nH]1. The van der Waals surface area contributed by atoms with Crippen LogP contribution < -0.4 is 10.4 Å². The number of anilines is 1. The van der Waals surface area contributed by atoms with E-state index in [0.717, 1.165) is 6.07 Å². The van der Waals surface area contributed by atoms with Crippen LogP contribution in [0.5, 0.6) is 0 Å². The predicted octanol–water partition coefficient (Wildman–Crippen LogP) is 2.07. The van der Waals surface area contributed by atoms with E-state index >= 15 is 0 Å². The van der Waals surface area contributed by atoms with Gasteiger partial charge >= 0.3 is 5.69 Å². The van der Waals surface area contributed by atoms with Crippen molar-refractivity contribution in [2.75, 3.05) is 4.72 Å². The molecule has 6 nitrogen and oxygen atoms in total. The van der Waals surface area contributed by atoms with Gasteiger partial charge in [-0.3, -0.25) is 4.72 Å². The largest absolute Gasteiger partial charge is 0.323 e. The first-order chi connectivity index (χ1) is 10.8. The summed E-state index contributed by atoms with van der Waals surface area (Å²) in [5.74, 6) is -4.09. The number of benzene rings is 2. The molecule has 0 amide bonds. The fraction of sp³-hybridized carbons (Fsp3) is 0. The molecule has 3 rings (SSSR count). The highest BCUT2D eigenvalue weighted by Crippen LogP contribution is 2.23. The van der Waals surface area contributed by atoms with Crippen molar-refractivity contribution in [3.05, 3.63) is 58.3 Å². The third-order valence-electron chi connectivity index (χ3n) is 3.05. The number of fused-ring (bicyclic) bond motifs is 1. The molecule has 2 aromatic carbocycles. The monoisotopic (exact) mass is 343 g/mol.